The van der Waals surface area contributed by atoms with Crippen LogP contribution >= 0.6 is 11.3 Å². The SMILES string of the molecule is c1ccc(-c2cc(-c3ccccc3)cc(-c3nc(-c4ccccc4)nc(-n4c5ccccc5c5ccc6c7ccccc7n(-c7ccc(-c8cccc9nc(-c%10ccccc%10)sc89)cc7)c6c54)n3)c2)cc1. The van der Waals surface area contributed by atoms with Crippen LogP contribution in [0.15, 0.2) is 243 Å². The third kappa shape index (κ3) is 6.93. The predicted molar refractivity (Wildman–Crippen MR) is 294 cm³/mol. The molecule has 71 heavy (non-hydrogen) atoms. The Hall–Kier alpha value is -9.30. The molecule has 4 aromatic heterocycles. The van der Waals surface area contributed by atoms with Crippen molar-refractivity contribution >= 4 is 65.2 Å². The number of hydrogen-bond donors (Lipinski definition) is 0. The number of rotatable bonds is 8. The molecule has 0 saturated carbocycles. The minimum Gasteiger partial charge on any atom is -0.307 e. The maximum Gasteiger partial charge on any atom is 0.238 e. The summed E-state index contributed by atoms with van der Waals surface area (Å²) >= 11 is 1.74. The number of thiazole rings is 1. The summed E-state index contributed by atoms with van der Waals surface area (Å²) in [7, 11) is 0. The van der Waals surface area contributed by atoms with Gasteiger partial charge in [0, 0.05) is 49.5 Å². The minimum absolute atomic E-state index is 0.540. The van der Waals surface area contributed by atoms with E-state index in [0.717, 1.165) is 98.9 Å². The lowest BCUT2D eigenvalue weighted by molar-refractivity contribution is 0.953. The van der Waals surface area contributed by atoms with Crippen LogP contribution in [0.1, 0.15) is 0 Å². The molecule has 332 valence electrons. The number of aromatic nitrogens is 6. The Morgan fingerprint density at radius 1 is 0.310 bits per heavy atom. The molecule has 6 nitrogen and oxygen atoms in total. The van der Waals surface area contributed by atoms with Crippen LogP contribution in [-0.2, 0) is 0 Å². The quantitative estimate of drug-likeness (QED) is 0.152. The third-order valence-corrected chi connectivity index (χ3v) is 14.8. The van der Waals surface area contributed by atoms with Gasteiger partial charge in [-0.3, -0.25) is 4.57 Å². The van der Waals surface area contributed by atoms with Gasteiger partial charge in [0.2, 0.25) is 5.95 Å². The van der Waals surface area contributed by atoms with Crippen molar-refractivity contribution < 1.29 is 0 Å². The molecule has 0 N–H and O–H groups in total. The van der Waals surface area contributed by atoms with Gasteiger partial charge < -0.3 is 4.57 Å². The van der Waals surface area contributed by atoms with E-state index in [2.05, 4.69) is 228 Å². The molecular weight excluding hydrogens is 885 g/mol. The molecule has 0 radical (unpaired) electrons. The van der Waals surface area contributed by atoms with Gasteiger partial charge in [0.05, 0.1) is 32.3 Å². The van der Waals surface area contributed by atoms with Crippen molar-refractivity contribution in [3.8, 4) is 78.4 Å². The van der Waals surface area contributed by atoms with Crippen LogP contribution in [0.2, 0.25) is 0 Å². The molecule has 0 fully saturated rings. The zero-order valence-electron chi connectivity index (χ0n) is 38.2. The van der Waals surface area contributed by atoms with Gasteiger partial charge in [-0.25, -0.2) is 9.97 Å². The van der Waals surface area contributed by atoms with E-state index < -0.39 is 0 Å². The third-order valence-electron chi connectivity index (χ3n) is 13.6. The Morgan fingerprint density at radius 2 is 0.803 bits per heavy atom. The van der Waals surface area contributed by atoms with E-state index >= 15 is 0 Å². The molecule has 0 aliphatic heterocycles. The van der Waals surface area contributed by atoms with E-state index in [4.69, 9.17) is 19.9 Å². The molecule has 14 aromatic rings. The number of benzene rings is 10. The van der Waals surface area contributed by atoms with Crippen LogP contribution in [0.25, 0.3) is 132 Å². The van der Waals surface area contributed by atoms with Gasteiger partial charge in [-0.2, -0.15) is 9.97 Å². The molecule has 0 amide bonds. The van der Waals surface area contributed by atoms with Gasteiger partial charge in [0.1, 0.15) is 5.01 Å². The van der Waals surface area contributed by atoms with E-state index in [1.54, 1.807) is 11.3 Å². The Balaban J connectivity index is 1.01. The lowest BCUT2D eigenvalue weighted by Crippen LogP contribution is -2.07. The molecule has 14 rings (SSSR count). The summed E-state index contributed by atoms with van der Waals surface area (Å²) in [5.74, 6) is 1.72. The Kier molecular flexibility index (Phi) is 9.60. The molecule has 0 aliphatic carbocycles. The smallest absolute Gasteiger partial charge is 0.238 e. The summed E-state index contributed by atoms with van der Waals surface area (Å²) in [5, 5.41) is 5.56. The molecular formula is C64H40N6S. The maximum atomic E-state index is 5.52. The monoisotopic (exact) mass is 924 g/mol. The standard InChI is InChI=1S/C64H40N6S/c1-5-18-41(19-6-1)46-38-47(42-20-7-2-8-21-42)40-48(39-46)62-66-61(44-22-9-3-10-23-44)67-64(68-62)70-57-31-16-14-27-52(57)54-37-36-53-51-26-13-15-30-56(51)69(58(53)59(54)70)49-34-32-43(33-35-49)50-28-17-29-55-60(50)71-63(65-55)45-24-11-4-12-25-45/h1-40H. The lowest BCUT2D eigenvalue weighted by atomic mass is 9.96. The second kappa shape index (κ2) is 16.7. The van der Waals surface area contributed by atoms with Crippen LogP contribution in [-0.4, -0.2) is 29.1 Å². The highest BCUT2D eigenvalue weighted by molar-refractivity contribution is 7.22. The molecule has 0 atom stereocenters. The number of hydrogen-bond acceptors (Lipinski definition) is 5. The topological polar surface area (TPSA) is 61.4 Å². The van der Waals surface area contributed by atoms with Crippen molar-refractivity contribution in [2.75, 3.05) is 0 Å². The molecule has 7 heteroatoms. The summed E-state index contributed by atoms with van der Waals surface area (Å²) < 4.78 is 5.86. The summed E-state index contributed by atoms with van der Waals surface area (Å²) in [5.41, 5.74) is 15.9. The van der Waals surface area contributed by atoms with Gasteiger partial charge in [-0.15, -0.1) is 11.3 Å². The zero-order chi connectivity index (χ0) is 46.8. The fourth-order valence-corrected chi connectivity index (χ4v) is 11.4. The molecule has 0 unspecified atom stereocenters. The molecule has 10 aromatic carbocycles. The van der Waals surface area contributed by atoms with E-state index in [1.807, 2.05) is 24.3 Å². The summed E-state index contributed by atoms with van der Waals surface area (Å²) in [6.45, 7) is 0. The highest BCUT2D eigenvalue weighted by atomic mass is 32.1. The lowest BCUT2D eigenvalue weighted by Gasteiger charge is -2.15. The van der Waals surface area contributed by atoms with E-state index in [9.17, 15) is 0 Å². The highest BCUT2D eigenvalue weighted by Gasteiger charge is 2.24. The van der Waals surface area contributed by atoms with Gasteiger partial charge in [-0.05, 0) is 76.3 Å². The van der Waals surface area contributed by atoms with Crippen LogP contribution in [0.3, 0.4) is 0 Å². The first-order chi connectivity index (χ1) is 35.2. The maximum absolute atomic E-state index is 5.52. The zero-order valence-corrected chi connectivity index (χ0v) is 39.0. The van der Waals surface area contributed by atoms with Crippen LogP contribution in [0, 0.1) is 0 Å². The second-order valence-electron chi connectivity index (χ2n) is 17.8. The van der Waals surface area contributed by atoms with Gasteiger partial charge >= 0.3 is 0 Å². The molecule has 4 heterocycles. The van der Waals surface area contributed by atoms with Gasteiger partial charge in [-0.1, -0.05) is 194 Å². The van der Waals surface area contributed by atoms with Gasteiger partial charge in [0.15, 0.2) is 11.6 Å². The van der Waals surface area contributed by atoms with Gasteiger partial charge in [0.25, 0.3) is 0 Å². The van der Waals surface area contributed by atoms with Crippen molar-refractivity contribution in [1.82, 2.24) is 29.1 Å². The first-order valence-corrected chi connectivity index (χ1v) is 24.6. The Morgan fingerprint density at radius 3 is 1.41 bits per heavy atom. The van der Waals surface area contributed by atoms with E-state index in [-0.39, 0.29) is 0 Å². The highest BCUT2D eigenvalue weighted by Crippen LogP contribution is 2.43. The average Bonchev–Trinajstić information content (AvgIpc) is 4.15. The van der Waals surface area contributed by atoms with Crippen molar-refractivity contribution in [2.24, 2.45) is 0 Å². The van der Waals surface area contributed by atoms with E-state index in [0.29, 0.717) is 17.6 Å². The van der Waals surface area contributed by atoms with Crippen LogP contribution < -0.4 is 0 Å². The van der Waals surface area contributed by atoms with Crippen molar-refractivity contribution in [1.29, 1.82) is 0 Å². The molecule has 0 spiro atoms. The summed E-state index contributed by atoms with van der Waals surface area (Å²) in [4.78, 5) is 21.3. The summed E-state index contributed by atoms with van der Waals surface area (Å²) in [6, 6.07) is 85.7. The normalized spacial score (nSPS) is 11.7. The Bertz CT molecular complexity index is 4250. The summed E-state index contributed by atoms with van der Waals surface area (Å²) in [6.07, 6.45) is 0. The molecule has 0 saturated heterocycles. The minimum atomic E-state index is 0.540. The number of para-hydroxylation sites is 2. The first kappa shape index (κ1) is 40.7. The second-order valence-corrected chi connectivity index (χ2v) is 18.8. The van der Waals surface area contributed by atoms with Crippen molar-refractivity contribution in [3.05, 3.63) is 243 Å². The fourth-order valence-electron chi connectivity index (χ4n) is 10.3. The number of fused-ring (bicyclic) bond motifs is 8. The first-order valence-electron chi connectivity index (χ1n) is 23.8. The predicted octanol–water partition coefficient (Wildman–Crippen LogP) is 16.7. The van der Waals surface area contributed by atoms with Crippen molar-refractivity contribution in [2.45, 2.75) is 0 Å². The Labute approximate surface area is 413 Å². The van der Waals surface area contributed by atoms with Crippen LogP contribution in [0.4, 0.5) is 0 Å². The molecule has 0 bridgehead atoms. The fraction of sp³-hybridized carbons (Fsp3) is 0. The molecule has 0 aliphatic rings. The number of nitrogens with zero attached hydrogens (tertiary/aromatic N) is 6. The van der Waals surface area contributed by atoms with Crippen molar-refractivity contribution in [3.63, 3.8) is 0 Å². The van der Waals surface area contributed by atoms with Crippen LogP contribution in [0.5, 0.6) is 0 Å². The van der Waals surface area contributed by atoms with E-state index in [1.165, 1.54) is 15.6 Å². The average molecular weight is 925 g/mol. The largest absolute Gasteiger partial charge is 0.307 e.